The van der Waals surface area contributed by atoms with Crippen molar-refractivity contribution in [3.63, 3.8) is 0 Å². The quantitative estimate of drug-likeness (QED) is 0.931. The molecule has 5 heteroatoms. The van der Waals surface area contributed by atoms with Crippen LogP contribution in [0.3, 0.4) is 0 Å². The lowest BCUT2D eigenvalue weighted by Gasteiger charge is -2.24. The highest BCUT2D eigenvalue weighted by Gasteiger charge is 2.29. The van der Waals surface area contributed by atoms with Gasteiger partial charge in [-0.25, -0.2) is 4.68 Å². The Balaban J connectivity index is 1.89. The first kappa shape index (κ1) is 13.0. The molecule has 0 radical (unpaired) electrons. The predicted molar refractivity (Wildman–Crippen MR) is 75.5 cm³/mol. The van der Waals surface area contributed by atoms with E-state index in [0.29, 0.717) is 18.9 Å². The van der Waals surface area contributed by atoms with Gasteiger partial charge in [-0.3, -0.25) is 4.79 Å². The standard InChI is InChI=1S/C15H19N3O2/c1-10(2)6-11-7-14(19)17-15-13(11)8-16-18(15)9-12-4-3-5-20-12/h3-5,8,10-11H,6-7,9H2,1-2H3,(H,17,19). The van der Waals surface area contributed by atoms with Gasteiger partial charge in [0.1, 0.15) is 18.1 Å². The van der Waals surface area contributed by atoms with Gasteiger partial charge in [0.25, 0.3) is 0 Å². The van der Waals surface area contributed by atoms with E-state index >= 15 is 0 Å². The molecule has 1 unspecified atom stereocenters. The average Bonchev–Trinajstić information content (AvgIpc) is 3.00. The van der Waals surface area contributed by atoms with Crippen LogP contribution >= 0.6 is 0 Å². The number of hydrogen-bond acceptors (Lipinski definition) is 3. The predicted octanol–water partition coefficient (Wildman–Crippen LogP) is 3.00. The van der Waals surface area contributed by atoms with E-state index in [2.05, 4.69) is 24.3 Å². The zero-order chi connectivity index (χ0) is 14.1. The van der Waals surface area contributed by atoms with Gasteiger partial charge >= 0.3 is 0 Å². The lowest BCUT2D eigenvalue weighted by atomic mass is 9.87. The smallest absolute Gasteiger partial charge is 0.226 e. The summed E-state index contributed by atoms with van der Waals surface area (Å²) in [5, 5.41) is 7.35. The number of nitrogens with zero attached hydrogens (tertiary/aromatic N) is 2. The topological polar surface area (TPSA) is 60.1 Å². The summed E-state index contributed by atoms with van der Waals surface area (Å²) in [6.45, 7) is 4.90. The molecule has 1 aliphatic heterocycles. The minimum Gasteiger partial charge on any atom is -0.467 e. The molecule has 0 fully saturated rings. The molecule has 20 heavy (non-hydrogen) atoms. The normalized spacial score (nSPS) is 18.1. The summed E-state index contributed by atoms with van der Waals surface area (Å²) >= 11 is 0. The van der Waals surface area contributed by atoms with E-state index < -0.39 is 0 Å². The van der Waals surface area contributed by atoms with Crippen LogP contribution < -0.4 is 5.32 Å². The lowest BCUT2D eigenvalue weighted by Crippen LogP contribution is -2.25. The lowest BCUT2D eigenvalue weighted by molar-refractivity contribution is -0.117. The zero-order valence-electron chi connectivity index (χ0n) is 11.8. The van der Waals surface area contributed by atoms with Crippen LogP contribution in [0.1, 0.15) is 43.9 Å². The van der Waals surface area contributed by atoms with Crippen molar-refractivity contribution < 1.29 is 9.21 Å². The Morgan fingerprint density at radius 2 is 2.40 bits per heavy atom. The molecule has 0 spiro atoms. The minimum absolute atomic E-state index is 0.0735. The van der Waals surface area contributed by atoms with Crippen molar-refractivity contribution in [1.29, 1.82) is 0 Å². The van der Waals surface area contributed by atoms with E-state index in [1.807, 2.05) is 18.3 Å². The monoisotopic (exact) mass is 273 g/mol. The highest BCUT2D eigenvalue weighted by Crippen LogP contribution is 2.36. The number of carbonyl (C=O) groups excluding carboxylic acids is 1. The number of rotatable bonds is 4. The number of aromatic nitrogens is 2. The Kier molecular flexibility index (Phi) is 3.34. The maximum absolute atomic E-state index is 11.9. The largest absolute Gasteiger partial charge is 0.467 e. The molecule has 3 rings (SSSR count). The number of hydrogen-bond donors (Lipinski definition) is 1. The van der Waals surface area contributed by atoms with Gasteiger partial charge < -0.3 is 9.73 Å². The maximum atomic E-state index is 11.9. The third-order valence-electron chi connectivity index (χ3n) is 3.64. The Morgan fingerprint density at radius 1 is 1.55 bits per heavy atom. The number of carbonyl (C=O) groups is 1. The van der Waals surface area contributed by atoms with Crippen LogP contribution in [0.2, 0.25) is 0 Å². The third kappa shape index (κ3) is 2.48. The van der Waals surface area contributed by atoms with E-state index in [0.717, 1.165) is 23.6 Å². The number of amides is 1. The highest BCUT2D eigenvalue weighted by atomic mass is 16.3. The van der Waals surface area contributed by atoms with Crippen molar-refractivity contribution in [2.75, 3.05) is 5.32 Å². The van der Waals surface area contributed by atoms with Gasteiger partial charge in [0.15, 0.2) is 0 Å². The molecular weight excluding hydrogens is 254 g/mol. The molecular formula is C15H19N3O2. The summed E-state index contributed by atoms with van der Waals surface area (Å²) < 4.78 is 7.15. The molecule has 1 aliphatic rings. The second-order valence-corrected chi connectivity index (χ2v) is 5.76. The second kappa shape index (κ2) is 5.15. The summed E-state index contributed by atoms with van der Waals surface area (Å²) in [5.41, 5.74) is 1.14. The Morgan fingerprint density at radius 3 is 3.10 bits per heavy atom. The molecule has 0 aromatic carbocycles. The molecule has 1 N–H and O–H groups in total. The summed E-state index contributed by atoms with van der Waals surface area (Å²) in [6.07, 6.45) is 5.08. The summed E-state index contributed by atoms with van der Waals surface area (Å²) in [6, 6.07) is 3.76. The van der Waals surface area contributed by atoms with Crippen LogP contribution in [-0.2, 0) is 11.3 Å². The van der Waals surface area contributed by atoms with Crippen LogP contribution in [-0.4, -0.2) is 15.7 Å². The second-order valence-electron chi connectivity index (χ2n) is 5.76. The zero-order valence-corrected chi connectivity index (χ0v) is 11.8. The fourth-order valence-corrected chi connectivity index (χ4v) is 2.80. The summed E-state index contributed by atoms with van der Waals surface area (Å²) in [4.78, 5) is 11.9. The van der Waals surface area contributed by atoms with E-state index in [-0.39, 0.29) is 11.8 Å². The Hall–Kier alpha value is -2.04. The molecule has 0 saturated heterocycles. The maximum Gasteiger partial charge on any atom is 0.226 e. The van der Waals surface area contributed by atoms with Crippen LogP contribution in [0, 0.1) is 5.92 Å². The van der Waals surface area contributed by atoms with Crippen molar-refractivity contribution >= 4 is 11.7 Å². The molecule has 5 nitrogen and oxygen atoms in total. The minimum atomic E-state index is 0.0735. The average molecular weight is 273 g/mol. The fraction of sp³-hybridized carbons (Fsp3) is 0.467. The molecule has 2 aromatic heterocycles. The number of anilines is 1. The number of furan rings is 1. The van der Waals surface area contributed by atoms with Gasteiger partial charge in [-0.15, -0.1) is 0 Å². The first-order chi connectivity index (χ1) is 9.63. The Bertz CT molecular complexity index is 599. The first-order valence-corrected chi connectivity index (χ1v) is 7.01. The van der Waals surface area contributed by atoms with Gasteiger partial charge in [-0.2, -0.15) is 5.10 Å². The van der Waals surface area contributed by atoms with Gasteiger partial charge in [-0.1, -0.05) is 13.8 Å². The van der Waals surface area contributed by atoms with E-state index in [1.165, 1.54) is 0 Å². The van der Waals surface area contributed by atoms with Gasteiger partial charge in [0, 0.05) is 12.0 Å². The van der Waals surface area contributed by atoms with Crippen LogP contribution in [0.4, 0.5) is 5.82 Å². The van der Waals surface area contributed by atoms with Crippen molar-refractivity contribution in [3.05, 3.63) is 35.9 Å². The third-order valence-corrected chi connectivity index (χ3v) is 3.64. The van der Waals surface area contributed by atoms with Crippen molar-refractivity contribution in [2.45, 2.75) is 39.2 Å². The van der Waals surface area contributed by atoms with Crippen LogP contribution in [0.25, 0.3) is 0 Å². The van der Waals surface area contributed by atoms with Crippen molar-refractivity contribution in [3.8, 4) is 0 Å². The van der Waals surface area contributed by atoms with Gasteiger partial charge in [0.05, 0.1) is 12.5 Å². The number of fused-ring (bicyclic) bond motifs is 1. The van der Waals surface area contributed by atoms with E-state index in [9.17, 15) is 4.79 Å². The SMILES string of the molecule is CC(C)CC1CC(=O)Nc2c1cnn2Cc1ccco1. The van der Waals surface area contributed by atoms with Crippen LogP contribution in [0.15, 0.2) is 29.0 Å². The first-order valence-electron chi connectivity index (χ1n) is 7.01. The summed E-state index contributed by atoms with van der Waals surface area (Å²) in [5.74, 6) is 2.56. The molecule has 3 heterocycles. The van der Waals surface area contributed by atoms with Crippen LogP contribution in [0.5, 0.6) is 0 Å². The molecule has 2 aromatic rings. The molecule has 106 valence electrons. The van der Waals surface area contributed by atoms with E-state index in [1.54, 1.807) is 10.9 Å². The van der Waals surface area contributed by atoms with Crippen molar-refractivity contribution in [2.24, 2.45) is 5.92 Å². The molecule has 1 atom stereocenters. The summed E-state index contributed by atoms with van der Waals surface area (Å²) in [7, 11) is 0. The van der Waals surface area contributed by atoms with Gasteiger partial charge in [-0.05, 0) is 30.4 Å². The van der Waals surface area contributed by atoms with E-state index in [4.69, 9.17) is 4.42 Å². The number of nitrogens with one attached hydrogen (secondary N) is 1. The molecule has 0 bridgehead atoms. The van der Waals surface area contributed by atoms with Gasteiger partial charge in [0.2, 0.25) is 5.91 Å². The molecule has 0 saturated carbocycles. The van der Waals surface area contributed by atoms with Crippen molar-refractivity contribution in [1.82, 2.24) is 9.78 Å². The fourth-order valence-electron chi connectivity index (χ4n) is 2.80. The molecule has 0 aliphatic carbocycles. The Labute approximate surface area is 118 Å². The highest BCUT2D eigenvalue weighted by molar-refractivity contribution is 5.93. The molecule has 1 amide bonds.